The molecule has 0 saturated carbocycles. The summed E-state index contributed by atoms with van der Waals surface area (Å²) in [6.45, 7) is 10.3. The molecule has 0 aliphatic carbocycles. The molecule has 0 atom stereocenters. The zero-order valence-corrected chi connectivity index (χ0v) is 8.63. The van der Waals surface area contributed by atoms with Gasteiger partial charge in [-0.2, -0.15) is 0 Å². The molecular weight excluding hydrogens is 164 g/mol. The van der Waals surface area contributed by atoms with E-state index in [9.17, 15) is 4.79 Å². The molecule has 0 aliphatic rings. The second-order valence-corrected chi connectivity index (χ2v) is 2.42. The summed E-state index contributed by atoms with van der Waals surface area (Å²) in [5.41, 5.74) is 0.856. The first kappa shape index (κ1) is 14.0. The molecule has 13 heavy (non-hydrogen) atoms. The molecule has 0 bridgehead atoms. The van der Waals surface area contributed by atoms with Crippen molar-refractivity contribution in [2.24, 2.45) is 0 Å². The molecule has 0 aromatic heterocycles. The van der Waals surface area contributed by atoms with E-state index in [0.717, 1.165) is 5.70 Å². The van der Waals surface area contributed by atoms with E-state index in [0.29, 0.717) is 0 Å². The number of carbonyl (C=O) groups excluding carboxylic acids is 1. The van der Waals surface area contributed by atoms with Crippen molar-refractivity contribution >= 4 is 5.91 Å². The van der Waals surface area contributed by atoms with E-state index in [1.165, 1.54) is 11.0 Å². The number of nitrogens with one attached hydrogen (secondary N) is 1. The smallest absolute Gasteiger partial charge is 0.245 e. The lowest BCUT2D eigenvalue weighted by atomic mass is 10.5. The van der Waals surface area contributed by atoms with Crippen LogP contribution in [0.2, 0.25) is 0 Å². The molecule has 0 radical (unpaired) electrons. The van der Waals surface area contributed by atoms with Crippen LogP contribution in [0.5, 0.6) is 0 Å². The molecule has 74 valence electrons. The molecule has 3 heteroatoms. The maximum Gasteiger partial charge on any atom is 0.245 e. The van der Waals surface area contributed by atoms with Gasteiger partial charge in [0.15, 0.2) is 0 Å². The molecule has 1 amide bonds. The van der Waals surface area contributed by atoms with E-state index in [1.807, 2.05) is 7.05 Å². The fraction of sp³-hybridized carbons (Fsp3) is 0.300. The van der Waals surface area contributed by atoms with Gasteiger partial charge in [-0.05, 0) is 12.2 Å². The van der Waals surface area contributed by atoms with Gasteiger partial charge in [0, 0.05) is 26.8 Å². The SMILES string of the molecule is C=CC(=C)NC.C=CC(=O)N(C)C. The van der Waals surface area contributed by atoms with Gasteiger partial charge in [-0.3, -0.25) is 4.79 Å². The average Bonchev–Trinajstić information content (AvgIpc) is 2.16. The number of rotatable bonds is 3. The van der Waals surface area contributed by atoms with Crippen molar-refractivity contribution in [3.05, 3.63) is 37.6 Å². The first-order valence-corrected chi connectivity index (χ1v) is 3.82. The van der Waals surface area contributed by atoms with E-state index in [2.05, 4.69) is 25.1 Å². The fourth-order valence-corrected chi connectivity index (χ4v) is 0.285. The normalized spacial score (nSPS) is 7.31. The number of hydrogen-bond acceptors (Lipinski definition) is 2. The van der Waals surface area contributed by atoms with Crippen LogP contribution < -0.4 is 5.32 Å². The predicted molar refractivity (Wildman–Crippen MR) is 57.3 cm³/mol. The largest absolute Gasteiger partial charge is 0.389 e. The van der Waals surface area contributed by atoms with E-state index < -0.39 is 0 Å². The minimum Gasteiger partial charge on any atom is -0.389 e. The van der Waals surface area contributed by atoms with Gasteiger partial charge < -0.3 is 10.2 Å². The van der Waals surface area contributed by atoms with Gasteiger partial charge >= 0.3 is 0 Å². The quantitative estimate of drug-likeness (QED) is 0.525. The number of carbonyl (C=O) groups is 1. The number of allylic oxidation sites excluding steroid dienone is 1. The minimum atomic E-state index is -0.0556. The highest BCUT2D eigenvalue weighted by Gasteiger charge is 1.91. The van der Waals surface area contributed by atoms with E-state index in [-0.39, 0.29) is 5.91 Å². The monoisotopic (exact) mass is 182 g/mol. The molecule has 3 nitrogen and oxygen atoms in total. The Hall–Kier alpha value is -1.51. The Morgan fingerprint density at radius 3 is 1.77 bits per heavy atom. The van der Waals surface area contributed by atoms with Crippen LogP contribution in [-0.4, -0.2) is 32.0 Å². The fourth-order valence-electron chi connectivity index (χ4n) is 0.285. The van der Waals surface area contributed by atoms with E-state index in [4.69, 9.17) is 0 Å². The van der Waals surface area contributed by atoms with Gasteiger partial charge in [0.2, 0.25) is 5.91 Å². The number of likely N-dealkylation sites (N-methyl/N-ethyl adjacent to an activating group) is 2. The topological polar surface area (TPSA) is 32.3 Å². The third-order valence-electron chi connectivity index (χ3n) is 1.18. The highest BCUT2D eigenvalue weighted by atomic mass is 16.2. The molecule has 1 N–H and O–H groups in total. The molecule has 0 aromatic carbocycles. The summed E-state index contributed by atoms with van der Waals surface area (Å²) in [6.07, 6.45) is 2.94. The van der Waals surface area contributed by atoms with Crippen molar-refractivity contribution in [2.45, 2.75) is 0 Å². The number of nitrogens with zero attached hydrogens (tertiary/aromatic N) is 1. The Kier molecular flexibility index (Phi) is 9.27. The summed E-state index contributed by atoms with van der Waals surface area (Å²) < 4.78 is 0. The van der Waals surface area contributed by atoms with Crippen LogP contribution >= 0.6 is 0 Å². The van der Waals surface area contributed by atoms with Crippen molar-refractivity contribution in [3.63, 3.8) is 0 Å². The first-order chi connectivity index (χ1) is 5.99. The first-order valence-electron chi connectivity index (χ1n) is 3.82. The van der Waals surface area contributed by atoms with Crippen LogP contribution in [0.25, 0.3) is 0 Å². The summed E-state index contributed by atoms with van der Waals surface area (Å²) >= 11 is 0. The number of amides is 1. The molecule has 0 heterocycles. The third-order valence-corrected chi connectivity index (χ3v) is 1.18. The molecule has 0 aliphatic heterocycles. The molecule has 0 rings (SSSR count). The molecule has 0 spiro atoms. The Balaban J connectivity index is 0. The molecular formula is C10H18N2O. The van der Waals surface area contributed by atoms with Crippen molar-refractivity contribution in [1.29, 1.82) is 0 Å². The van der Waals surface area contributed by atoms with Crippen LogP contribution in [-0.2, 0) is 4.79 Å². The summed E-state index contributed by atoms with van der Waals surface area (Å²) in [6, 6.07) is 0. The minimum absolute atomic E-state index is 0.0556. The second kappa shape index (κ2) is 8.59. The lowest BCUT2D eigenvalue weighted by Gasteiger charge is -2.03. The maximum atomic E-state index is 10.3. The van der Waals surface area contributed by atoms with Crippen LogP contribution in [0.15, 0.2) is 37.6 Å². The molecule has 0 aromatic rings. The van der Waals surface area contributed by atoms with Crippen molar-refractivity contribution in [1.82, 2.24) is 10.2 Å². The summed E-state index contributed by atoms with van der Waals surface area (Å²) in [5.74, 6) is -0.0556. The zero-order valence-electron chi connectivity index (χ0n) is 8.63. The zero-order chi connectivity index (χ0) is 10.9. The van der Waals surface area contributed by atoms with Gasteiger partial charge in [-0.1, -0.05) is 19.7 Å². The molecule has 0 saturated heterocycles. The summed E-state index contributed by atoms with van der Waals surface area (Å²) in [5, 5.41) is 2.80. The third kappa shape index (κ3) is 10.5. The number of hydrogen-bond donors (Lipinski definition) is 1. The lowest BCUT2D eigenvalue weighted by Crippen LogP contribution is -2.18. The standard InChI is InChI=1S/C5H9NO.C5H9N/c1-4-5(7)6(2)3;1-4-5(2)6-3/h4H,1H2,2-3H3;4,6H,1-2H2,3H3. The lowest BCUT2D eigenvalue weighted by molar-refractivity contribution is -0.123. The highest BCUT2D eigenvalue weighted by molar-refractivity contribution is 5.86. The summed E-state index contributed by atoms with van der Waals surface area (Å²) in [4.78, 5) is 11.8. The van der Waals surface area contributed by atoms with Crippen molar-refractivity contribution in [2.75, 3.05) is 21.1 Å². The van der Waals surface area contributed by atoms with Crippen LogP contribution in [0.3, 0.4) is 0 Å². The van der Waals surface area contributed by atoms with E-state index >= 15 is 0 Å². The van der Waals surface area contributed by atoms with Gasteiger partial charge in [0.1, 0.15) is 0 Å². The molecule has 0 unspecified atom stereocenters. The Bertz CT molecular complexity index is 195. The Morgan fingerprint density at radius 2 is 1.77 bits per heavy atom. The van der Waals surface area contributed by atoms with Crippen LogP contribution in [0, 0.1) is 0 Å². The van der Waals surface area contributed by atoms with Gasteiger partial charge in [0.05, 0.1) is 0 Å². The average molecular weight is 182 g/mol. The van der Waals surface area contributed by atoms with Crippen molar-refractivity contribution < 1.29 is 4.79 Å². The van der Waals surface area contributed by atoms with Gasteiger partial charge in [-0.25, -0.2) is 0 Å². The van der Waals surface area contributed by atoms with E-state index in [1.54, 1.807) is 20.2 Å². The Labute approximate surface area is 80.4 Å². The van der Waals surface area contributed by atoms with Gasteiger partial charge in [-0.15, -0.1) is 0 Å². The predicted octanol–water partition coefficient (Wildman–Crippen LogP) is 1.17. The highest BCUT2D eigenvalue weighted by Crippen LogP contribution is 1.76. The maximum absolute atomic E-state index is 10.3. The van der Waals surface area contributed by atoms with Crippen molar-refractivity contribution in [3.8, 4) is 0 Å². The molecule has 0 fully saturated rings. The van der Waals surface area contributed by atoms with Crippen LogP contribution in [0.1, 0.15) is 0 Å². The summed E-state index contributed by atoms with van der Waals surface area (Å²) in [7, 11) is 5.18. The van der Waals surface area contributed by atoms with Gasteiger partial charge in [0.25, 0.3) is 0 Å². The second-order valence-electron chi connectivity index (χ2n) is 2.42. The Morgan fingerprint density at radius 1 is 1.31 bits per heavy atom. The van der Waals surface area contributed by atoms with Crippen LogP contribution in [0.4, 0.5) is 0 Å².